The fourth-order valence-electron chi connectivity index (χ4n) is 3.54. The highest BCUT2D eigenvalue weighted by Gasteiger charge is 2.14. The molecule has 0 saturated carbocycles. The number of carbonyl (C=O) groups excluding carboxylic acids is 1. The molecule has 1 aliphatic rings. The van der Waals surface area contributed by atoms with Gasteiger partial charge in [0.05, 0.1) is 18.5 Å². The van der Waals surface area contributed by atoms with E-state index in [9.17, 15) is 4.79 Å². The highest BCUT2D eigenvalue weighted by molar-refractivity contribution is 6.05. The van der Waals surface area contributed by atoms with Crippen molar-refractivity contribution in [1.82, 2.24) is 9.97 Å². The lowest BCUT2D eigenvalue weighted by Gasteiger charge is -2.27. The second-order valence-electron chi connectivity index (χ2n) is 7.04. The summed E-state index contributed by atoms with van der Waals surface area (Å²) in [7, 11) is 1.58. The molecule has 0 unspecified atom stereocenters. The van der Waals surface area contributed by atoms with E-state index in [0.717, 1.165) is 30.2 Å². The largest absolute Gasteiger partial charge is 0.495 e. The van der Waals surface area contributed by atoms with E-state index in [1.54, 1.807) is 13.4 Å². The van der Waals surface area contributed by atoms with Crippen LogP contribution < -0.4 is 15.0 Å². The number of anilines is 2. The highest BCUT2D eigenvalue weighted by Crippen LogP contribution is 2.25. The molecule has 0 bridgehead atoms. The molecule has 0 radical (unpaired) electrons. The minimum atomic E-state index is -0.183. The van der Waals surface area contributed by atoms with Crippen LogP contribution >= 0.6 is 0 Å². The van der Waals surface area contributed by atoms with Crippen molar-refractivity contribution in [3.8, 4) is 17.0 Å². The molecule has 0 atom stereocenters. The minimum Gasteiger partial charge on any atom is -0.495 e. The van der Waals surface area contributed by atoms with E-state index in [-0.39, 0.29) is 5.91 Å². The molecule has 2 heterocycles. The third-order valence-corrected chi connectivity index (χ3v) is 5.13. The zero-order valence-electron chi connectivity index (χ0n) is 16.5. The summed E-state index contributed by atoms with van der Waals surface area (Å²) in [5.74, 6) is 1.41. The number of hydrogen-bond donors (Lipinski definition) is 1. The van der Waals surface area contributed by atoms with E-state index in [1.165, 1.54) is 19.3 Å². The summed E-state index contributed by atoms with van der Waals surface area (Å²) < 4.78 is 5.29. The molecule has 4 rings (SSSR count). The maximum Gasteiger partial charge on any atom is 0.255 e. The van der Waals surface area contributed by atoms with Crippen LogP contribution in [-0.4, -0.2) is 36.1 Å². The fraction of sp³-hybridized carbons (Fsp3) is 0.261. The molecule has 1 N–H and O–H groups in total. The van der Waals surface area contributed by atoms with Crippen LogP contribution in [0.15, 0.2) is 60.9 Å². The first-order chi connectivity index (χ1) is 14.2. The first kappa shape index (κ1) is 18.9. The first-order valence-electron chi connectivity index (χ1n) is 9.86. The summed E-state index contributed by atoms with van der Waals surface area (Å²) in [5, 5.41) is 2.89. The van der Waals surface area contributed by atoms with Crippen LogP contribution in [0.5, 0.6) is 5.75 Å². The van der Waals surface area contributed by atoms with Gasteiger partial charge in [0.1, 0.15) is 17.9 Å². The highest BCUT2D eigenvalue weighted by atomic mass is 16.5. The number of rotatable bonds is 5. The molecule has 2 aromatic carbocycles. The van der Waals surface area contributed by atoms with Gasteiger partial charge in [0.25, 0.3) is 5.91 Å². The number of piperidine rings is 1. The summed E-state index contributed by atoms with van der Waals surface area (Å²) in [6.45, 7) is 2.08. The topological polar surface area (TPSA) is 67.3 Å². The number of nitrogens with one attached hydrogen (secondary N) is 1. The van der Waals surface area contributed by atoms with Crippen LogP contribution in [0, 0.1) is 0 Å². The van der Waals surface area contributed by atoms with Crippen LogP contribution in [0.4, 0.5) is 11.5 Å². The molecule has 1 aliphatic heterocycles. The Bertz CT molecular complexity index is 982. The van der Waals surface area contributed by atoms with Crippen LogP contribution in [0.1, 0.15) is 29.6 Å². The average Bonchev–Trinajstić information content (AvgIpc) is 2.80. The van der Waals surface area contributed by atoms with Gasteiger partial charge in [-0.2, -0.15) is 0 Å². The number of ether oxygens (including phenoxy) is 1. The van der Waals surface area contributed by atoms with E-state index >= 15 is 0 Å². The monoisotopic (exact) mass is 388 g/mol. The Morgan fingerprint density at radius 3 is 2.52 bits per heavy atom. The summed E-state index contributed by atoms with van der Waals surface area (Å²) in [6, 6.07) is 16.8. The molecule has 6 heteroatoms. The number of nitrogens with zero attached hydrogens (tertiary/aromatic N) is 3. The van der Waals surface area contributed by atoms with Gasteiger partial charge in [-0.25, -0.2) is 9.97 Å². The molecule has 6 nitrogen and oxygen atoms in total. The lowest BCUT2D eigenvalue weighted by molar-refractivity contribution is 0.102. The number of benzene rings is 2. The van der Waals surface area contributed by atoms with Crippen molar-refractivity contribution in [2.75, 3.05) is 30.4 Å². The Balaban J connectivity index is 1.50. The second-order valence-corrected chi connectivity index (χ2v) is 7.04. The van der Waals surface area contributed by atoms with Crippen molar-refractivity contribution in [3.63, 3.8) is 0 Å². The summed E-state index contributed by atoms with van der Waals surface area (Å²) in [4.78, 5) is 23.8. The third kappa shape index (κ3) is 4.37. The zero-order valence-corrected chi connectivity index (χ0v) is 16.5. The Morgan fingerprint density at radius 2 is 1.76 bits per heavy atom. The number of amides is 1. The van der Waals surface area contributed by atoms with Gasteiger partial charge in [-0.15, -0.1) is 0 Å². The predicted molar refractivity (Wildman–Crippen MR) is 114 cm³/mol. The van der Waals surface area contributed by atoms with Gasteiger partial charge in [0, 0.05) is 30.3 Å². The average molecular weight is 388 g/mol. The van der Waals surface area contributed by atoms with Crippen LogP contribution in [-0.2, 0) is 0 Å². The lowest BCUT2D eigenvalue weighted by Crippen LogP contribution is -2.30. The Labute approximate surface area is 170 Å². The fourth-order valence-corrected chi connectivity index (χ4v) is 3.54. The minimum absolute atomic E-state index is 0.183. The quantitative estimate of drug-likeness (QED) is 0.702. The zero-order chi connectivity index (χ0) is 20.1. The smallest absolute Gasteiger partial charge is 0.255 e. The number of para-hydroxylation sites is 2. The van der Waals surface area contributed by atoms with Crippen molar-refractivity contribution < 1.29 is 9.53 Å². The van der Waals surface area contributed by atoms with Gasteiger partial charge in [0.15, 0.2) is 0 Å². The van der Waals surface area contributed by atoms with E-state index in [2.05, 4.69) is 20.2 Å². The number of carbonyl (C=O) groups is 1. The maximum atomic E-state index is 12.6. The van der Waals surface area contributed by atoms with Gasteiger partial charge in [-0.3, -0.25) is 4.79 Å². The predicted octanol–water partition coefficient (Wildman–Crippen LogP) is 4.39. The molecule has 1 fully saturated rings. The van der Waals surface area contributed by atoms with Gasteiger partial charge >= 0.3 is 0 Å². The molecule has 1 amide bonds. The molecule has 148 valence electrons. The van der Waals surface area contributed by atoms with E-state index in [4.69, 9.17) is 4.74 Å². The summed E-state index contributed by atoms with van der Waals surface area (Å²) in [5.41, 5.74) is 3.03. The molecular formula is C23H24N4O2. The summed E-state index contributed by atoms with van der Waals surface area (Å²) in [6.07, 6.45) is 5.30. The summed E-state index contributed by atoms with van der Waals surface area (Å²) >= 11 is 0. The van der Waals surface area contributed by atoms with E-state index in [0.29, 0.717) is 17.0 Å². The van der Waals surface area contributed by atoms with Crippen molar-refractivity contribution in [2.24, 2.45) is 0 Å². The molecule has 0 aliphatic carbocycles. The number of methoxy groups -OCH3 is 1. The number of aromatic nitrogens is 2. The normalized spacial score (nSPS) is 13.8. The Hall–Kier alpha value is -3.41. The second kappa shape index (κ2) is 8.73. The lowest BCUT2D eigenvalue weighted by atomic mass is 10.1. The SMILES string of the molecule is COc1ccccc1NC(=O)c1ccc(-c2cc(N3CCCCC3)ncn2)cc1. The van der Waals surface area contributed by atoms with Crippen molar-refractivity contribution in [3.05, 3.63) is 66.5 Å². The Kier molecular flexibility index (Phi) is 5.70. The standard InChI is InChI=1S/C23H24N4O2/c1-29-21-8-4-3-7-19(21)26-23(28)18-11-9-17(10-12-18)20-15-22(25-16-24-20)27-13-5-2-6-14-27/h3-4,7-12,15-16H,2,5-6,13-14H2,1H3,(H,26,28). The third-order valence-electron chi connectivity index (χ3n) is 5.13. The van der Waals surface area contributed by atoms with Crippen LogP contribution in [0.3, 0.4) is 0 Å². The molecule has 1 saturated heterocycles. The molecular weight excluding hydrogens is 364 g/mol. The first-order valence-corrected chi connectivity index (χ1v) is 9.86. The van der Waals surface area contributed by atoms with Gasteiger partial charge in [-0.05, 0) is 43.5 Å². The Morgan fingerprint density at radius 1 is 1.00 bits per heavy atom. The number of hydrogen-bond acceptors (Lipinski definition) is 5. The molecule has 29 heavy (non-hydrogen) atoms. The molecule has 1 aromatic heterocycles. The van der Waals surface area contributed by atoms with E-state index < -0.39 is 0 Å². The maximum absolute atomic E-state index is 12.6. The van der Waals surface area contributed by atoms with Gasteiger partial charge < -0.3 is 15.0 Å². The van der Waals surface area contributed by atoms with Crippen molar-refractivity contribution in [1.29, 1.82) is 0 Å². The molecule has 0 spiro atoms. The van der Waals surface area contributed by atoms with Crippen LogP contribution in [0.2, 0.25) is 0 Å². The van der Waals surface area contributed by atoms with E-state index in [1.807, 2.05) is 54.6 Å². The van der Waals surface area contributed by atoms with Gasteiger partial charge in [-0.1, -0.05) is 24.3 Å². The van der Waals surface area contributed by atoms with Crippen molar-refractivity contribution >= 4 is 17.4 Å². The van der Waals surface area contributed by atoms with Crippen molar-refractivity contribution in [2.45, 2.75) is 19.3 Å². The molecule has 3 aromatic rings. The van der Waals surface area contributed by atoms with Crippen LogP contribution in [0.25, 0.3) is 11.3 Å². The van der Waals surface area contributed by atoms with Gasteiger partial charge in [0.2, 0.25) is 0 Å².